The van der Waals surface area contributed by atoms with Gasteiger partial charge in [-0.1, -0.05) is 44.4 Å². The first-order valence-electron chi connectivity index (χ1n) is 13.9. The first-order valence-corrected chi connectivity index (χ1v) is 13.9. The van der Waals surface area contributed by atoms with Crippen LogP contribution in [-0.2, 0) is 4.74 Å². The Labute approximate surface area is 211 Å². The average molecular weight is 493 g/mol. The summed E-state index contributed by atoms with van der Waals surface area (Å²) in [7, 11) is 0. The molecule has 0 bridgehead atoms. The maximum atomic E-state index is 12.0. The van der Waals surface area contributed by atoms with E-state index in [0.29, 0.717) is 36.2 Å². The van der Waals surface area contributed by atoms with Crippen LogP contribution in [0.15, 0.2) is 23.3 Å². The molecule has 0 amide bonds. The van der Waals surface area contributed by atoms with Gasteiger partial charge in [0.2, 0.25) is 0 Å². The number of aliphatic hydroxyl groups excluding tert-OH is 3. The second-order valence-electron chi connectivity index (χ2n) is 12.8. The quantitative estimate of drug-likeness (QED) is 0.315. The van der Waals surface area contributed by atoms with Crippen LogP contribution in [0, 0.1) is 29.1 Å². The van der Waals surface area contributed by atoms with E-state index in [2.05, 4.69) is 19.9 Å². The molecular weight excluding hydrogens is 444 g/mol. The fourth-order valence-corrected chi connectivity index (χ4v) is 8.20. The molecule has 3 saturated carbocycles. The number of ether oxygens (including phenoxy) is 1. The lowest BCUT2D eigenvalue weighted by Gasteiger charge is -2.56. The van der Waals surface area contributed by atoms with Crippen LogP contribution in [0.2, 0.25) is 0 Å². The minimum atomic E-state index is -1.41. The molecule has 0 spiro atoms. The summed E-state index contributed by atoms with van der Waals surface area (Å²) in [5.41, 5.74) is 0.131. The van der Waals surface area contributed by atoms with Crippen LogP contribution < -0.4 is 0 Å². The molecule has 0 aliphatic heterocycles. The molecule has 0 aromatic heterocycles. The zero-order valence-corrected chi connectivity index (χ0v) is 22.1. The third-order valence-corrected chi connectivity index (χ3v) is 10.0. The standard InChI is InChI=1S/C29H48O6/c1-18(7-5-13-27(2,3)33)21-10-11-22-20-9-8-19-17-24(31)25(35-16-6-15-30)26(32)29(19,34)23(20)12-14-28(21,22)4/h8-9,18,21-26,30-34H,5-7,10-17H2,1-4H3/t18-,21-,22?,23-,24-,25-,26-,28-,29+/m1/s1. The van der Waals surface area contributed by atoms with Crippen molar-refractivity contribution in [3.05, 3.63) is 23.3 Å². The second kappa shape index (κ2) is 10.2. The number of hydrogen-bond donors (Lipinski definition) is 5. The van der Waals surface area contributed by atoms with E-state index in [4.69, 9.17) is 9.84 Å². The Morgan fingerprint density at radius 2 is 1.86 bits per heavy atom. The molecule has 4 aliphatic rings. The Hall–Kier alpha value is -0.760. The molecule has 5 N–H and O–H groups in total. The van der Waals surface area contributed by atoms with Crippen molar-refractivity contribution in [3.63, 3.8) is 0 Å². The Kier molecular flexibility index (Phi) is 7.94. The molecule has 0 heterocycles. The van der Waals surface area contributed by atoms with Gasteiger partial charge in [-0.05, 0) is 81.1 Å². The fourth-order valence-electron chi connectivity index (χ4n) is 8.20. The monoisotopic (exact) mass is 492 g/mol. The largest absolute Gasteiger partial charge is 0.396 e. The number of aliphatic hydroxyl groups is 5. The van der Waals surface area contributed by atoms with Crippen LogP contribution in [-0.4, -0.2) is 68.3 Å². The number of hydrogen-bond acceptors (Lipinski definition) is 6. The van der Waals surface area contributed by atoms with E-state index in [0.717, 1.165) is 38.5 Å². The van der Waals surface area contributed by atoms with Crippen LogP contribution in [0.3, 0.4) is 0 Å². The molecule has 200 valence electrons. The molecule has 9 atom stereocenters. The summed E-state index contributed by atoms with van der Waals surface area (Å²) in [6, 6.07) is 0. The van der Waals surface area contributed by atoms with E-state index in [1.807, 2.05) is 19.9 Å². The smallest absolute Gasteiger partial charge is 0.121 e. The minimum absolute atomic E-state index is 0.0124. The Bertz CT molecular complexity index is 814. The van der Waals surface area contributed by atoms with Crippen molar-refractivity contribution in [3.8, 4) is 0 Å². The van der Waals surface area contributed by atoms with Gasteiger partial charge in [0.25, 0.3) is 0 Å². The summed E-state index contributed by atoms with van der Waals surface area (Å²) >= 11 is 0. The van der Waals surface area contributed by atoms with Crippen molar-refractivity contribution in [2.75, 3.05) is 13.2 Å². The maximum absolute atomic E-state index is 12.0. The molecule has 0 radical (unpaired) electrons. The highest BCUT2D eigenvalue weighted by Gasteiger charge is 2.62. The van der Waals surface area contributed by atoms with Gasteiger partial charge in [-0.15, -0.1) is 0 Å². The van der Waals surface area contributed by atoms with Crippen LogP contribution in [0.25, 0.3) is 0 Å². The molecular formula is C29H48O6. The lowest BCUT2D eigenvalue weighted by atomic mass is 9.52. The van der Waals surface area contributed by atoms with Gasteiger partial charge in [0.15, 0.2) is 0 Å². The summed E-state index contributed by atoms with van der Waals surface area (Å²) in [4.78, 5) is 0. The highest BCUT2D eigenvalue weighted by Crippen LogP contribution is 2.64. The topological polar surface area (TPSA) is 110 Å². The van der Waals surface area contributed by atoms with Crippen molar-refractivity contribution in [1.29, 1.82) is 0 Å². The molecule has 1 unspecified atom stereocenters. The predicted molar refractivity (Wildman–Crippen MR) is 136 cm³/mol. The zero-order valence-electron chi connectivity index (χ0n) is 22.1. The highest BCUT2D eigenvalue weighted by molar-refractivity contribution is 5.43. The van der Waals surface area contributed by atoms with Gasteiger partial charge in [-0.2, -0.15) is 0 Å². The first-order chi connectivity index (χ1) is 16.4. The summed E-state index contributed by atoms with van der Waals surface area (Å²) in [6.07, 6.45) is 9.02. The number of rotatable bonds is 9. The Balaban J connectivity index is 1.52. The van der Waals surface area contributed by atoms with Crippen LogP contribution in [0.5, 0.6) is 0 Å². The molecule has 0 aromatic carbocycles. The Morgan fingerprint density at radius 3 is 2.54 bits per heavy atom. The van der Waals surface area contributed by atoms with Gasteiger partial charge in [-0.25, -0.2) is 0 Å². The molecule has 6 heteroatoms. The third kappa shape index (κ3) is 4.92. The lowest BCUT2D eigenvalue weighted by molar-refractivity contribution is -0.197. The molecule has 0 aromatic rings. The molecule has 6 nitrogen and oxygen atoms in total. The lowest BCUT2D eigenvalue weighted by Crippen LogP contribution is -2.65. The summed E-state index contributed by atoms with van der Waals surface area (Å²) in [5.74, 6) is 1.43. The van der Waals surface area contributed by atoms with Crippen LogP contribution in [0.4, 0.5) is 0 Å². The Morgan fingerprint density at radius 1 is 1.11 bits per heavy atom. The van der Waals surface area contributed by atoms with Crippen LogP contribution in [0.1, 0.15) is 85.5 Å². The average Bonchev–Trinajstić information content (AvgIpc) is 3.14. The number of fused-ring (bicyclic) bond motifs is 5. The van der Waals surface area contributed by atoms with E-state index in [1.165, 1.54) is 12.0 Å². The van der Waals surface area contributed by atoms with E-state index in [9.17, 15) is 20.4 Å². The molecule has 4 rings (SSSR count). The molecule has 4 aliphatic carbocycles. The third-order valence-electron chi connectivity index (χ3n) is 10.0. The van der Waals surface area contributed by atoms with Gasteiger partial charge in [-0.3, -0.25) is 0 Å². The van der Waals surface area contributed by atoms with Gasteiger partial charge < -0.3 is 30.3 Å². The normalized spacial score (nSPS) is 42.0. The van der Waals surface area contributed by atoms with E-state index in [-0.39, 0.29) is 24.5 Å². The molecule has 3 fully saturated rings. The summed E-state index contributed by atoms with van der Waals surface area (Å²) in [6.45, 7) is 8.80. The van der Waals surface area contributed by atoms with E-state index < -0.39 is 29.5 Å². The molecule has 35 heavy (non-hydrogen) atoms. The maximum Gasteiger partial charge on any atom is 0.121 e. The predicted octanol–water partition coefficient (Wildman–Crippen LogP) is 3.50. The summed E-state index contributed by atoms with van der Waals surface area (Å²) in [5, 5.41) is 53.3. The fraction of sp³-hybridized carbons (Fsp3) is 0.862. The highest BCUT2D eigenvalue weighted by atomic mass is 16.5. The SMILES string of the molecule is C[C@H](CCCC(C)(C)O)[C@H]1CCC2C3=CC=C4C[C@@H](O)[C@@H](OCCCO)[C@@H](O)[C@@]4(O)[C@@H]3CC[C@@]21C. The molecule has 0 saturated heterocycles. The zero-order chi connectivity index (χ0) is 25.6. The van der Waals surface area contributed by atoms with Crippen LogP contribution >= 0.6 is 0 Å². The van der Waals surface area contributed by atoms with Gasteiger partial charge in [0.1, 0.15) is 17.8 Å². The van der Waals surface area contributed by atoms with Gasteiger partial charge in [0, 0.05) is 25.6 Å². The minimum Gasteiger partial charge on any atom is -0.396 e. The first kappa shape index (κ1) is 27.3. The van der Waals surface area contributed by atoms with Gasteiger partial charge >= 0.3 is 0 Å². The van der Waals surface area contributed by atoms with E-state index in [1.54, 1.807) is 0 Å². The van der Waals surface area contributed by atoms with Crippen molar-refractivity contribution in [1.82, 2.24) is 0 Å². The second-order valence-corrected chi connectivity index (χ2v) is 12.8. The van der Waals surface area contributed by atoms with Crippen molar-refractivity contribution in [2.24, 2.45) is 29.1 Å². The van der Waals surface area contributed by atoms with Crippen molar-refractivity contribution >= 4 is 0 Å². The van der Waals surface area contributed by atoms with E-state index >= 15 is 0 Å². The van der Waals surface area contributed by atoms with Gasteiger partial charge in [0.05, 0.1) is 11.7 Å². The number of allylic oxidation sites excluding steroid dienone is 2. The van der Waals surface area contributed by atoms with Crippen molar-refractivity contribution in [2.45, 2.75) is 115 Å². The van der Waals surface area contributed by atoms with Crippen molar-refractivity contribution < 1.29 is 30.3 Å². The summed E-state index contributed by atoms with van der Waals surface area (Å²) < 4.78 is 5.77.